The molecule has 0 amide bonds. The zero-order chi connectivity index (χ0) is 14.8. The SMILES string of the molecule is CNC(CN1CCn2cnnc2C1)c1cc(C)ccc1C. The molecule has 2 heterocycles. The summed E-state index contributed by atoms with van der Waals surface area (Å²) in [7, 11) is 2.04. The lowest BCUT2D eigenvalue weighted by molar-refractivity contribution is 0.197. The molecule has 5 heteroatoms. The van der Waals surface area contributed by atoms with Crippen molar-refractivity contribution < 1.29 is 0 Å². The summed E-state index contributed by atoms with van der Waals surface area (Å²) in [6.07, 6.45) is 1.83. The van der Waals surface area contributed by atoms with Crippen LogP contribution in [0.25, 0.3) is 0 Å². The number of nitrogens with one attached hydrogen (secondary N) is 1. The summed E-state index contributed by atoms with van der Waals surface area (Å²) in [6, 6.07) is 7.03. The minimum atomic E-state index is 0.347. The van der Waals surface area contributed by atoms with E-state index < -0.39 is 0 Å². The van der Waals surface area contributed by atoms with Gasteiger partial charge in [-0.25, -0.2) is 0 Å². The molecule has 1 aliphatic heterocycles. The second-order valence-corrected chi connectivity index (χ2v) is 5.88. The largest absolute Gasteiger partial charge is 0.315 e. The van der Waals surface area contributed by atoms with E-state index in [1.165, 1.54) is 16.7 Å². The molecular formula is C16H23N5. The van der Waals surface area contributed by atoms with Crippen molar-refractivity contribution in [2.24, 2.45) is 0 Å². The van der Waals surface area contributed by atoms with Crippen LogP contribution in [0.5, 0.6) is 0 Å². The number of aryl methyl sites for hydroxylation is 2. The van der Waals surface area contributed by atoms with Crippen molar-refractivity contribution >= 4 is 0 Å². The maximum Gasteiger partial charge on any atom is 0.147 e. The second kappa shape index (κ2) is 5.95. The van der Waals surface area contributed by atoms with E-state index in [1.54, 1.807) is 0 Å². The standard InChI is InChI=1S/C16H23N5/c1-12-4-5-13(2)14(8-12)15(17-3)9-20-6-7-21-11-18-19-16(21)10-20/h4-5,8,11,15,17H,6-7,9-10H2,1-3H3. The van der Waals surface area contributed by atoms with Gasteiger partial charge in [0.15, 0.2) is 0 Å². The van der Waals surface area contributed by atoms with Gasteiger partial charge in [-0.15, -0.1) is 10.2 Å². The van der Waals surface area contributed by atoms with Crippen LogP contribution in [-0.2, 0) is 13.1 Å². The Bertz CT molecular complexity index is 619. The predicted octanol–water partition coefficient (Wildman–Crippen LogP) is 1.67. The highest BCUT2D eigenvalue weighted by molar-refractivity contribution is 5.33. The molecule has 1 N–H and O–H groups in total. The third kappa shape index (κ3) is 2.99. The molecule has 21 heavy (non-hydrogen) atoms. The molecule has 5 nitrogen and oxygen atoms in total. The van der Waals surface area contributed by atoms with Gasteiger partial charge >= 0.3 is 0 Å². The van der Waals surface area contributed by atoms with Crippen molar-refractivity contribution in [2.75, 3.05) is 20.1 Å². The summed E-state index contributed by atoms with van der Waals surface area (Å²) in [5.41, 5.74) is 4.05. The number of fused-ring (bicyclic) bond motifs is 1. The fourth-order valence-corrected chi connectivity index (χ4v) is 3.01. The maximum atomic E-state index is 4.20. The Hall–Kier alpha value is -1.72. The van der Waals surface area contributed by atoms with Gasteiger partial charge in [-0.3, -0.25) is 4.90 Å². The van der Waals surface area contributed by atoms with Gasteiger partial charge < -0.3 is 9.88 Å². The summed E-state index contributed by atoms with van der Waals surface area (Å²) in [5, 5.41) is 11.7. The van der Waals surface area contributed by atoms with Crippen LogP contribution in [0.4, 0.5) is 0 Å². The van der Waals surface area contributed by atoms with Gasteiger partial charge in [0.25, 0.3) is 0 Å². The van der Waals surface area contributed by atoms with Crippen molar-refractivity contribution in [3.8, 4) is 0 Å². The van der Waals surface area contributed by atoms with Crippen LogP contribution in [0.1, 0.15) is 28.6 Å². The average molecular weight is 285 g/mol. The van der Waals surface area contributed by atoms with Crippen LogP contribution >= 0.6 is 0 Å². The van der Waals surface area contributed by atoms with Gasteiger partial charge in [0, 0.05) is 25.7 Å². The van der Waals surface area contributed by atoms with Crippen molar-refractivity contribution in [3.63, 3.8) is 0 Å². The molecule has 2 aromatic rings. The van der Waals surface area contributed by atoms with E-state index in [2.05, 4.69) is 57.0 Å². The van der Waals surface area contributed by atoms with Gasteiger partial charge in [-0.05, 0) is 32.0 Å². The fraction of sp³-hybridized carbons (Fsp3) is 0.500. The van der Waals surface area contributed by atoms with E-state index >= 15 is 0 Å². The highest BCUT2D eigenvalue weighted by atomic mass is 15.3. The molecule has 0 aliphatic carbocycles. The molecule has 1 aromatic heterocycles. The Morgan fingerprint density at radius 3 is 2.95 bits per heavy atom. The summed E-state index contributed by atoms with van der Waals surface area (Å²) in [4.78, 5) is 2.45. The van der Waals surface area contributed by atoms with Crippen LogP contribution in [0, 0.1) is 13.8 Å². The number of aromatic nitrogens is 3. The van der Waals surface area contributed by atoms with E-state index in [9.17, 15) is 0 Å². The van der Waals surface area contributed by atoms with Gasteiger partial charge in [-0.1, -0.05) is 23.8 Å². The van der Waals surface area contributed by atoms with Crippen molar-refractivity contribution in [2.45, 2.75) is 33.0 Å². The number of hydrogen-bond acceptors (Lipinski definition) is 4. The van der Waals surface area contributed by atoms with E-state index in [0.717, 1.165) is 32.0 Å². The highest BCUT2D eigenvalue weighted by Crippen LogP contribution is 2.21. The van der Waals surface area contributed by atoms with Gasteiger partial charge in [0.2, 0.25) is 0 Å². The molecule has 0 fully saturated rings. The molecule has 0 spiro atoms. The first kappa shape index (κ1) is 14.2. The molecule has 1 unspecified atom stereocenters. The Balaban J connectivity index is 1.75. The third-order valence-corrected chi connectivity index (χ3v) is 4.32. The Kier molecular flexibility index (Phi) is 4.03. The van der Waals surface area contributed by atoms with Crippen molar-refractivity contribution in [1.29, 1.82) is 0 Å². The maximum absolute atomic E-state index is 4.20. The quantitative estimate of drug-likeness (QED) is 0.928. The Labute approximate surface area is 126 Å². The number of benzene rings is 1. The molecule has 0 saturated heterocycles. The van der Waals surface area contributed by atoms with Crippen LogP contribution in [0.2, 0.25) is 0 Å². The lowest BCUT2D eigenvalue weighted by atomic mass is 9.98. The molecule has 0 saturated carbocycles. The lowest BCUT2D eigenvalue weighted by Gasteiger charge is -2.31. The smallest absolute Gasteiger partial charge is 0.147 e. The highest BCUT2D eigenvalue weighted by Gasteiger charge is 2.21. The van der Waals surface area contributed by atoms with Crippen LogP contribution < -0.4 is 5.32 Å². The summed E-state index contributed by atoms with van der Waals surface area (Å²) < 4.78 is 2.14. The molecule has 1 atom stereocenters. The van der Waals surface area contributed by atoms with Crippen LogP contribution in [0.3, 0.4) is 0 Å². The Morgan fingerprint density at radius 1 is 1.29 bits per heavy atom. The predicted molar refractivity (Wildman–Crippen MR) is 83.0 cm³/mol. The summed E-state index contributed by atoms with van der Waals surface area (Å²) in [6.45, 7) is 8.24. The second-order valence-electron chi connectivity index (χ2n) is 5.88. The molecule has 1 aliphatic rings. The zero-order valence-electron chi connectivity index (χ0n) is 13.0. The molecule has 112 valence electrons. The zero-order valence-corrected chi connectivity index (χ0v) is 13.0. The van der Waals surface area contributed by atoms with E-state index in [1.807, 2.05) is 13.4 Å². The van der Waals surface area contributed by atoms with Crippen molar-refractivity contribution in [3.05, 3.63) is 47.0 Å². The van der Waals surface area contributed by atoms with Gasteiger partial charge in [0.05, 0.1) is 6.54 Å². The van der Waals surface area contributed by atoms with Crippen LogP contribution in [-0.4, -0.2) is 39.8 Å². The number of nitrogens with zero attached hydrogens (tertiary/aromatic N) is 4. The summed E-state index contributed by atoms with van der Waals surface area (Å²) >= 11 is 0. The lowest BCUT2D eigenvalue weighted by Crippen LogP contribution is -2.39. The molecule has 0 bridgehead atoms. The first-order chi connectivity index (χ1) is 10.2. The number of rotatable bonds is 4. The molecule has 1 aromatic carbocycles. The first-order valence-electron chi connectivity index (χ1n) is 7.51. The fourth-order valence-electron chi connectivity index (χ4n) is 3.01. The average Bonchev–Trinajstić information content (AvgIpc) is 2.95. The molecular weight excluding hydrogens is 262 g/mol. The van der Waals surface area contributed by atoms with Gasteiger partial charge in [-0.2, -0.15) is 0 Å². The third-order valence-electron chi connectivity index (χ3n) is 4.32. The minimum Gasteiger partial charge on any atom is -0.315 e. The first-order valence-corrected chi connectivity index (χ1v) is 7.51. The Morgan fingerprint density at radius 2 is 2.14 bits per heavy atom. The van der Waals surface area contributed by atoms with E-state index in [0.29, 0.717) is 6.04 Å². The number of likely N-dealkylation sites (N-methyl/N-ethyl adjacent to an activating group) is 1. The van der Waals surface area contributed by atoms with Crippen molar-refractivity contribution in [1.82, 2.24) is 25.0 Å². The molecule has 0 radical (unpaired) electrons. The monoisotopic (exact) mass is 285 g/mol. The summed E-state index contributed by atoms with van der Waals surface area (Å²) in [5.74, 6) is 1.07. The topological polar surface area (TPSA) is 46.0 Å². The van der Waals surface area contributed by atoms with Crippen LogP contribution in [0.15, 0.2) is 24.5 Å². The minimum absolute atomic E-state index is 0.347. The van der Waals surface area contributed by atoms with E-state index in [-0.39, 0.29) is 0 Å². The number of hydrogen-bond donors (Lipinski definition) is 1. The molecule has 3 rings (SSSR count). The van der Waals surface area contributed by atoms with E-state index in [4.69, 9.17) is 0 Å². The normalized spacial score (nSPS) is 16.7. The van der Waals surface area contributed by atoms with Gasteiger partial charge in [0.1, 0.15) is 12.2 Å².